The first-order valence-corrected chi connectivity index (χ1v) is 4.53. The van der Waals surface area contributed by atoms with Crippen LogP contribution in [0.4, 0.5) is 10.1 Å². The summed E-state index contributed by atoms with van der Waals surface area (Å²) in [6.07, 6.45) is 0. The first-order valence-electron chi connectivity index (χ1n) is 4.53. The maximum atomic E-state index is 13.0. The second-order valence-corrected chi connectivity index (χ2v) is 4.01. The molecule has 0 aliphatic heterocycles. The van der Waals surface area contributed by atoms with E-state index in [0.717, 1.165) is 6.07 Å². The largest absolute Gasteiger partial charge is 0.330 e. The van der Waals surface area contributed by atoms with Crippen molar-refractivity contribution in [2.75, 3.05) is 6.54 Å². The summed E-state index contributed by atoms with van der Waals surface area (Å²) in [5.41, 5.74) is 5.31. The molecule has 0 aliphatic rings. The molecule has 0 radical (unpaired) electrons. The molecule has 0 amide bonds. The molecule has 0 aliphatic carbocycles. The predicted octanol–water partition coefficient (Wildman–Crippen LogP) is 1.97. The fourth-order valence-electron chi connectivity index (χ4n) is 1.19. The van der Waals surface area contributed by atoms with Gasteiger partial charge < -0.3 is 5.73 Å². The Balaban J connectivity index is 3.25. The lowest BCUT2D eigenvalue weighted by Gasteiger charge is -2.22. The van der Waals surface area contributed by atoms with Crippen LogP contribution >= 0.6 is 0 Å². The van der Waals surface area contributed by atoms with E-state index in [1.54, 1.807) is 0 Å². The van der Waals surface area contributed by atoms with E-state index in [2.05, 4.69) is 0 Å². The highest BCUT2D eigenvalue weighted by Gasteiger charge is 2.23. The third kappa shape index (κ3) is 2.30. The lowest BCUT2D eigenvalue weighted by atomic mass is 9.84. The van der Waals surface area contributed by atoms with Gasteiger partial charge in [-0.25, -0.2) is 0 Å². The van der Waals surface area contributed by atoms with Crippen molar-refractivity contribution in [3.63, 3.8) is 0 Å². The van der Waals surface area contributed by atoms with Crippen molar-refractivity contribution < 1.29 is 9.31 Å². The monoisotopic (exact) mass is 212 g/mol. The molecule has 0 aromatic heterocycles. The van der Waals surface area contributed by atoms with E-state index < -0.39 is 21.8 Å². The first kappa shape index (κ1) is 11.6. The van der Waals surface area contributed by atoms with Crippen molar-refractivity contribution in [3.8, 4) is 0 Å². The summed E-state index contributed by atoms with van der Waals surface area (Å²) in [4.78, 5) is 9.79. The quantitative estimate of drug-likeness (QED) is 0.615. The van der Waals surface area contributed by atoms with Crippen LogP contribution in [0.5, 0.6) is 0 Å². The van der Waals surface area contributed by atoms with E-state index in [0.29, 0.717) is 12.1 Å². The van der Waals surface area contributed by atoms with E-state index in [1.807, 2.05) is 13.8 Å². The number of nitro groups is 1. The molecule has 15 heavy (non-hydrogen) atoms. The number of rotatable bonds is 3. The summed E-state index contributed by atoms with van der Waals surface area (Å²) < 4.78 is 13.0. The van der Waals surface area contributed by atoms with E-state index in [1.165, 1.54) is 12.1 Å². The third-order valence-corrected chi connectivity index (χ3v) is 2.43. The molecule has 0 saturated carbocycles. The van der Waals surface area contributed by atoms with Crippen LogP contribution in [-0.2, 0) is 5.41 Å². The van der Waals surface area contributed by atoms with Crippen LogP contribution in [0.1, 0.15) is 19.4 Å². The number of halogens is 1. The highest BCUT2D eigenvalue weighted by atomic mass is 19.1. The van der Waals surface area contributed by atoms with Crippen molar-refractivity contribution in [2.24, 2.45) is 5.73 Å². The van der Waals surface area contributed by atoms with Gasteiger partial charge in [0.05, 0.1) is 4.92 Å². The van der Waals surface area contributed by atoms with Crippen molar-refractivity contribution in [1.82, 2.24) is 0 Å². The van der Waals surface area contributed by atoms with E-state index in [-0.39, 0.29) is 0 Å². The van der Waals surface area contributed by atoms with Crippen LogP contribution in [-0.4, -0.2) is 11.5 Å². The normalized spacial score (nSPS) is 11.5. The Kier molecular flexibility index (Phi) is 3.04. The Hall–Kier alpha value is -1.49. The van der Waals surface area contributed by atoms with Gasteiger partial charge in [-0.3, -0.25) is 10.1 Å². The molecule has 1 aromatic carbocycles. The van der Waals surface area contributed by atoms with E-state index in [4.69, 9.17) is 5.73 Å². The molecule has 0 atom stereocenters. The van der Waals surface area contributed by atoms with Crippen LogP contribution in [0.15, 0.2) is 18.2 Å². The maximum Gasteiger partial charge on any atom is 0.305 e. The highest BCUT2D eigenvalue weighted by molar-refractivity contribution is 5.39. The third-order valence-electron chi connectivity index (χ3n) is 2.43. The average molecular weight is 212 g/mol. The Bertz CT molecular complexity index is 391. The number of hydrogen-bond donors (Lipinski definition) is 1. The van der Waals surface area contributed by atoms with Gasteiger partial charge in [0.1, 0.15) is 0 Å². The fourth-order valence-corrected chi connectivity index (χ4v) is 1.19. The van der Waals surface area contributed by atoms with Gasteiger partial charge in [-0.2, -0.15) is 4.39 Å². The molecule has 1 rings (SSSR count). The predicted molar refractivity (Wildman–Crippen MR) is 55.1 cm³/mol. The summed E-state index contributed by atoms with van der Waals surface area (Å²) in [6.45, 7) is 4.05. The minimum Gasteiger partial charge on any atom is -0.330 e. The van der Waals surface area contributed by atoms with Crippen molar-refractivity contribution in [1.29, 1.82) is 0 Å². The SMILES string of the molecule is CC(C)(CN)c1ccc(F)c([N+](=O)[O-])c1. The summed E-state index contributed by atoms with van der Waals surface area (Å²) >= 11 is 0. The second-order valence-electron chi connectivity index (χ2n) is 4.01. The molecular weight excluding hydrogens is 199 g/mol. The summed E-state index contributed by atoms with van der Waals surface area (Å²) in [6, 6.07) is 3.86. The van der Waals surface area contributed by atoms with E-state index in [9.17, 15) is 14.5 Å². The van der Waals surface area contributed by atoms with Crippen LogP contribution in [0.25, 0.3) is 0 Å². The smallest absolute Gasteiger partial charge is 0.305 e. The lowest BCUT2D eigenvalue weighted by Crippen LogP contribution is -2.28. The van der Waals surface area contributed by atoms with Crippen LogP contribution in [0.2, 0.25) is 0 Å². The minimum atomic E-state index is -0.823. The summed E-state index contributed by atoms with van der Waals surface area (Å²) in [5, 5.41) is 10.5. The molecule has 0 unspecified atom stereocenters. The summed E-state index contributed by atoms with van der Waals surface area (Å²) in [5.74, 6) is -0.823. The van der Waals surface area contributed by atoms with E-state index >= 15 is 0 Å². The second kappa shape index (κ2) is 3.94. The molecule has 0 fully saturated rings. The van der Waals surface area contributed by atoms with Gasteiger partial charge in [0, 0.05) is 18.0 Å². The Morgan fingerprint density at radius 3 is 2.60 bits per heavy atom. The number of nitrogens with zero attached hydrogens (tertiary/aromatic N) is 1. The lowest BCUT2D eigenvalue weighted by molar-refractivity contribution is -0.387. The van der Waals surface area contributed by atoms with Gasteiger partial charge >= 0.3 is 5.69 Å². The Labute approximate surface area is 87.0 Å². The van der Waals surface area contributed by atoms with Gasteiger partial charge in [-0.15, -0.1) is 0 Å². The van der Waals surface area contributed by atoms with Gasteiger partial charge in [-0.1, -0.05) is 19.9 Å². The van der Waals surface area contributed by atoms with Gasteiger partial charge in [0.2, 0.25) is 5.82 Å². The molecule has 0 spiro atoms. The molecule has 4 nitrogen and oxygen atoms in total. The van der Waals surface area contributed by atoms with Crippen molar-refractivity contribution in [3.05, 3.63) is 39.7 Å². The zero-order chi connectivity index (χ0) is 11.6. The zero-order valence-corrected chi connectivity index (χ0v) is 8.66. The molecule has 0 heterocycles. The molecule has 2 N–H and O–H groups in total. The van der Waals surface area contributed by atoms with Crippen molar-refractivity contribution >= 4 is 5.69 Å². The van der Waals surface area contributed by atoms with Gasteiger partial charge in [-0.05, 0) is 11.6 Å². The molecule has 1 aromatic rings. The maximum absolute atomic E-state index is 13.0. The molecule has 0 saturated heterocycles. The fraction of sp³-hybridized carbons (Fsp3) is 0.400. The summed E-state index contributed by atoms with van der Waals surface area (Å²) in [7, 11) is 0. The molecule has 0 bridgehead atoms. The number of benzene rings is 1. The van der Waals surface area contributed by atoms with Crippen molar-refractivity contribution in [2.45, 2.75) is 19.3 Å². The van der Waals surface area contributed by atoms with Gasteiger partial charge in [0.25, 0.3) is 0 Å². The minimum absolute atomic E-state index is 0.343. The topological polar surface area (TPSA) is 69.2 Å². The first-order chi connectivity index (χ1) is 6.88. The van der Waals surface area contributed by atoms with Gasteiger partial charge in [0.15, 0.2) is 0 Å². The standard InChI is InChI=1S/C10H13FN2O2/c1-10(2,6-12)7-3-4-8(11)9(5-7)13(14)15/h3-5H,6,12H2,1-2H3. The van der Waals surface area contributed by atoms with Crippen LogP contribution < -0.4 is 5.73 Å². The Morgan fingerprint density at radius 1 is 1.53 bits per heavy atom. The molecular formula is C10H13FN2O2. The Morgan fingerprint density at radius 2 is 2.13 bits per heavy atom. The van der Waals surface area contributed by atoms with Crippen LogP contribution in [0.3, 0.4) is 0 Å². The molecule has 5 heteroatoms. The number of nitrogens with two attached hydrogens (primary N) is 1. The number of nitro benzene ring substituents is 1. The number of hydrogen-bond acceptors (Lipinski definition) is 3. The average Bonchev–Trinajstić information content (AvgIpc) is 2.17. The molecule has 82 valence electrons. The zero-order valence-electron chi connectivity index (χ0n) is 8.66. The van der Waals surface area contributed by atoms with Crippen LogP contribution in [0, 0.1) is 15.9 Å². The highest BCUT2D eigenvalue weighted by Crippen LogP contribution is 2.27.